The Bertz CT molecular complexity index is 1260. The van der Waals surface area contributed by atoms with Crippen LogP contribution in [0.3, 0.4) is 0 Å². The number of amides is 4. The van der Waals surface area contributed by atoms with Crippen molar-refractivity contribution < 1.29 is 28.7 Å². The summed E-state index contributed by atoms with van der Waals surface area (Å²) in [7, 11) is 0. The van der Waals surface area contributed by atoms with E-state index in [1.807, 2.05) is 48.5 Å². The smallest absolute Gasteiger partial charge is 0.408 e. The first-order valence-electron chi connectivity index (χ1n) is 16.5. The first-order valence-corrected chi connectivity index (χ1v) is 16.5. The van der Waals surface area contributed by atoms with E-state index in [9.17, 15) is 19.2 Å². The monoisotopic (exact) mass is 618 g/mol. The van der Waals surface area contributed by atoms with Crippen molar-refractivity contribution in [1.29, 1.82) is 0 Å². The van der Waals surface area contributed by atoms with Crippen LogP contribution in [0.25, 0.3) is 0 Å². The molecule has 3 fully saturated rings. The number of nitrogens with one attached hydrogen (secondary N) is 4. The highest BCUT2D eigenvalue weighted by Crippen LogP contribution is 2.29. The molecule has 4 atom stereocenters. The topological polar surface area (TPSA) is 135 Å². The number of rotatable bonds is 13. The number of β-lactam (4-membered cyclic amide) rings is 1. The Morgan fingerprint density at radius 1 is 0.733 bits per heavy atom. The molecule has 4 unspecified atom stereocenters. The van der Waals surface area contributed by atoms with Crippen molar-refractivity contribution in [3.05, 3.63) is 66.2 Å². The van der Waals surface area contributed by atoms with Gasteiger partial charge in [-0.3, -0.25) is 14.4 Å². The first-order chi connectivity index (χ1) is 21.9. The summed E-state index contributed by atoms with van der Waals surface area (Å²) in [4.78, 5) is 52.9. The van der Waals surface area contributed by atoms with Crippen LogP contribution in [-0.2, 0) is 25.7 Å². The van der Waals surface area contributed by atoms with Gasteiger partial charge >= 0.3 is 6.09 Å². The summed E-state index contributed by atoms with van der Waals surface area (Å²) in [5, 5.41) is 11.3. The van der Waals surface area contributed by atoms with Crippen LogP contribution in [0.4, 0.5) is 4.79 Å². The lowest BCUT2D eigenvalue weighted by Crippen LogP contribution is -2.72. The van der Waals surface area contributed by atoms with Crippen molar-refractivity contribution >= 4 is 23.8 Å². The molecule has 0 aromatic heterocycles. The van der Waals surface area contributed by atoms with Gasteiger partial charge in [0.2, 0.25) is 18.0 Å². The van der Waals surface area contributed by atoms with Crippen molar-refractivity contribution in [2.45, 2.75) is 108 Å². The van der Waals surface area contributed by atoms with E-state index in [-0.39, 0.29) is 18.4 Å². The fraction of sp³-hybridized carbons (Fsp3) is 0.543. The standard InChI is InChI=1S/C35H46N4O6/c40-31(29(22-25-15-7-2-8-16-25)37-35(43)44-23-26-17-9-3-10-18-26)36-28(21-24-13-5-1-6-14-24)32(41)38-30-33(42)39-34(30)45-27-19-11-4-12-20-27/h3-4,9-12,17-20,24-25,28-30,34H,1-2,5-8,13-16,21-23H2,(H,36,40)(H,37,43)(H,38,41)(H,39,42). The average molecular weight is 619 g/mol. The van der Waals surface area contributed by atoms with Gasteiger partial charge in [-0.05, 0) is 42.4 Å². The predicted molar refractivity (Wildman–Crippen MR) is 169 cm³/mol. The first kappa shape index (κ1) is 32.3. The lowest BCUT2D eigenvalue weighted by molar-refractivity contribution is -0.144. The summed E-state index contributed by atoms with van der Waals surface area (Å²) in [6.07, 6.45) is 10.2. The second-order valence-electron chi connectivity index (χ2n) is 12.6. The van der Waals surface area contributed by atoms with E-state index in [2.05, 4.69) is 21.3 Å². The zero-order chi connectivity index (χ0) is 31.4. The highest BCUT2D eigenvalue weighted by Gasteiger charge is 2.44. The van der Waals surface area contributed by atoms with E-state index in [1.54, 1.807) is 12.1 Å². The maximum atomic E-state index is 13.9. The van der Waals surface area contributed by atoms with E-state index in [0.29, 0.717) is 24.5 Å². The van der Waals surface area contributed by atoms with Crippen molar-refractivity contribution in [3.63, 3.8) is 0 Å². The van der Waals surface area contributed by atoms with Gasteiger partial charge in [0.1, 0.15) is 24.4 Å². The van der Waals surface area contributed by atoms with E-state index in [0.717, 1.165) is 56.9 Å². The number of alkyl carbamates (subject to hydrolysis) is 1. The molecule has 2 aromatic carbocycles. The quantitative estimate of drug-likeness (QED) is 0.240. The molecule has 0 bridgehead atoms. The van der Waals surface area contributed by atoms with Gasteiger partial charge in [-0.25, -0.2) is 4.79 Å². The van der Waals surface area contributed by atoms with Gasteiger partial charge in [0.05, 0.1) is 0 Å². The molecule has 2 aliphatic carbocycles. The van der Waals surface area contributed by atoms with Crippen molar-refractivity contribution in [2.24, 2.45) is 11.8 Å². The third-order valence-electron chi connectivity index (χ3n) is 9.22. The number of benzene rings is 2. The van der Waals surface area contributed by atoms with Crippen LogP contribution >= 0.6 is 0 Å². The summed E-state index contributed by atoms with van der Waals surface area (Å²) < 4.78 is 11.3. The van der Waals surface area contributed by atoms with Crippen molar-refractivity contribution in [1.82, 2.24) is 21.3 Å². The normalized spacial score (nSPS) is 21.7. The maximum Gasteiger partial charge on any atom is 0.408 e. The number of ether oxygens (including phenoxy) is 2. The summed E-state index contributed by atoms with van der Waals surface area (Å²) >= 11 is 0. The lowest BCUT2D eigenvalue weighted by Gasteiger charge is -2.38. The third-order valence-corrected chi connectivity index (χ3v) is 9.22. The summed E-state index contributed by atoms with van der Waals surface area (Å²) in [5.41, 5.74) is 0.847. The zero-order valence-corrected chi connectivity index (χ0v) is 25.9. The Morgan fingerprint density at radius 3 is 1.87 bits per heavy atom. The van der Waals surface area contributed by atoms with Crippen LogP contribution in [0, 0.1) is 11.8 Å². The van der Waals surface area contributed by atoms with Crippen molar-refractivity contribution in [2.75, 3.05) is 0 Å². The SMILES string of the molecule is O=C(NC(CC1CCCCC1)C(=O)NC(CC1CCCCC1)C(=O)NC1C(=O)NC1Oc1ccccc1)OCc1ccccc1. The number of hydrogen-bond acceptors (Lipinski definition) is 6. The average Bonchev–Trinajstić information content (AvgIpc) is 3.07. The maximum absolute atomic E-state index is 13.9. The second-order valence-corrected chi connectivity index (χ2v) is 12.6. The highest BCUT2D eigenvalue weighted by molar-refractivity contribution is 5.96. The molecule has 45 heavy (non-hydrogen) atoms. The fourth-order valence-corrected chi connectivity index (χ4v) is 6.65. The minimum absolute atomic E-state index is 0.0901. The van der Waals surface area contributed by atoms with Crippen LogP contribution in [0.15, 0.2) is 60.7 Å². The molecule has 3 aliphatic rings. The Hall–Kier alpha value is -4.08. The molecular formula is C35H46N4O6. The van der Waals surface area contributed by atoms with Gasteiger partial charge in [0.15, 0.2) is 6.04 Å². The van der Waals surface area contributed by atoms with Crippen molar-refractivity contribution in [3.8, 4) is 5.75 Å². The number of carbonyl (C=O) groups excluding carboxylic acids is 4. The molecule has 1 heterocycles. The molecule has 0 radical (unpaired) electrons. The molecule has 2 saturated carbocycles. The molecule has 5 rings (SSSR count). The Balaban J connectivity index is 1.25. The van der Waals surface area contributed by atoms with Crippen LogP contribution in [0.2, 0.25) is 0 Å². The Morgan fingerprint density at radius 2 is 1.29 bits per heavy atom. The van der Waals surface area contributed by atoms with Gasteiger partial charge in [-0.15, -0.1) is 0 Å². The van der Waals surface area contributed by atoms with Gasteiger partial charge in [0, 0.05) is 0 Å². The minimum atomic E-state index is -0.882. The van der Waals surface area contributed by atoms with Gasteiger partial charge in [-0.2, -0.15) is 0 Å². The van der Waals surface area contributed by atoms with E-state index >= 15 is 0 Å². The van der Waals surface area contributed by atoms with E-state index < -0.39 is 42.3 Å². The number of para-hydroxylation sites is 1. The van der Waals surface area contributed by atoms with Gasteiger partial charge in [0.25, 0.3) is 5.91 Å². The van der Waals surface area contributed by atoms with E-state index in [1.165, 1.54) is 12.8 Å². The molecule has 1 saturated heterocycles. The highest BCUT2D eigenvalue weighted by atomic mass is 16.5. The van der Waals surface area contributed by atoms with Crippen LogP contribution < -0.4 is 26.0 Å². The second kappa shape index (κ2) is 16.3. The fourth-order valence-electron chi connectivity index (χ4n) is 6.65. The van der Waals surface area contributed by atoms with Gasteiger partial charge in [-0.1, -0.05) is 113 Å². The third kappa shape index (κ3) is 9.70. The van der Waals surface area contributed by atoms with Crippen LogP contribution in [0.1, 0.15) is 82.6 Å². The largest absolute Gasteiger partial charge is 0.468 e. The molecule has 10 heteroatoms. The number of carbonyl (C=O) groups is 4. The molecule has 10 nitrogen and oxygen atoms in total. The molecule has 2 aromatic rings. The molecule has 1 aliphatic heterocycles. The predicted octanol–water partition coefficient (Wildman–Crippen LogP) is 4.73. The minimum Gasteiger partial charge on any atom is -0.468 e. The molecular weight excluding hydrogens is 572 g/mol. The van der Waals surface area contributed by atoms with Crippen LogP contribution in [-0.4, -0.2) is 48.2 Å². The summed E-state index contributed by atoms with van der Waals surface area (Å²) in [6.45, 7) is 0.0901. The molecule has 4 amide bonds. The molecule has 0 spiro atoms. The molecule has 4 N–H and O–H groups in total. The lowest BCUT2D eigenvalue weighted by atomic mass is 9.83. The zero-order valence-electron chi connectivity index (χ0n) is 25.9. The number of hydrogen-bond donors (Lipinski definition) is 4. The molecule has 242 valence electrons. The van der Waals surface area contributed by atoms with Crippen LogP contribution in [0.5, 0.6) is 5.75 Å². The van der Waals surface area contributed by atoms with E-state index in [4.69, 9.17) is 9.47 Å². The summed E-state index contributed by atoms with van der Waals surface area (Å²) in [6, 6.07) is 15.9. The summed E-state index contributed by atoms with van der Waals surface area (Å²) in [5.74, 6) is -0.0393. The Kier molecular flexibility index (Phi) is 11.7. The van der Waals surface area contributed by atoms with Gasteiger partial charge < -0.3 is 30.7 Å². The Labute approximate surface area is 265 Å².